The van der Waals surface area contributed by atoms with Gasteiger partial charge in [0.1, 0.15) is 5.76 Å². The zero-order valence-electron chi connectivity index (χ0n) is 16.0. The molecule has 150 valence electrons. The van der Waals surface area contributed by atoms with Gasteiger partial charge in [0.2, 0.25) is 10.0 Å². The second kappa shape index (κ2) is 7.34. The van der Waals surface area contributed by atoms with Crippen molar-refractivity contribution in [2.24, 2.45) is 14.1 Å². The van der Waals surface area contributed by atoms with Crippen molar-refractivity contribution in [3.8, 4) is 0 Å². The fourth-order valence-electron chi connectivity index (χ4n) is 3.29. The minimum absolute atomic E-state index is 0.0794. The van der Waals surface area contributed by atoms with Gasteiger partial charge in [-0.2, -0.15) is 4.31 Å². The molecule has 3 aromatic heterocycles. The summed E-state index contributed by atoms with van der Waals surface area (Å²) in [5, 5.41) is 0. The van der Waals surface area contributed by atoms with E-state index < -0.39 is 10.0 Å². The molecule has 0 saturated carbocycles. The van der Waals surface area contributed by atoms with E-state index in [0.29, 0.717) is 16.8 Å². The minimum atomic E-state index is -3.87. The van der Waals surface area contributed by atoms with Gasteiger partial charge >= 0.3 is 5.69 Å². The molecule has 8 nitrogen and oxygen atoms in total. The highest BCUT2D eigenvalue weighted by Gasteiger charge is 2.27. The Morgan fingerprint density at radius 2 is 1.83 bits per heavy atom. The van der Waals surface area contributed by atoms with E-state index in [0.717, 1.165) is 5.56 Å². The number of hydrogen-bond donors (Lipinski definition) is 0. The van der Waals surface area contributed by atoms with Crippen LogP contribution in [0, 0.1) is 0 Å². The van der Waals surface area contributed by atoms with Crippen molar-refractivity contribution in [1.29, 1.82) is 0 Å². The average Bonchev–Trinajstić information content (AvgIpc) is 3.31. The topological polar surface area (TPSA) is 90.3 Å². The molecule has 3 heterocycles. The molecule has 0 radical (unpaired) electrons. The molecular formula is C20H20N4O4S. The van der Waals surface area contributed by atoms with E-state index in [1.807, 2.05) is 6.07 Å². The summed E-state index contributed by atoms with van der Waals surface area (Å²) in [5.74, 6) is 0.533. The summed E-state index contributed by atoms with van der Waals surface area (Å²) in [7, 11) is -0.587. The molecular weight excluding hydrogens is 392 g/mol. The SMILES string of the molecule is Cn1c(=O)n(C)c2cc(S(=O)(=O)N(Cc3cccnc3)Cc3ccco3)ccc21. The zero-order chi connectivity index (χ0) is 20.6. The van der Waals surface area contributed by atoms with Crippen LogP contribution >= 0.6 is 0 Å². The average molecular weight is 412 g/mol. The number of imidazole rings is 1. The van der Waals surface area contributed by atoms with E-state index in [4.69, 9.17) is 4.42 Å². The molecule has 9 heteroatoms. The maximum Gasteiger partial charge on any atom is 0.328 e. The number of hydrogen-bond acceptors (Lipinski definition) is 5. The summed E-state index contributed by atoms with van der Waals surface area (Å²) in [5.41, 5.74) is 1.77. The molecule has 0 bridgehead atoms. The Morgan fingerprint density at radius 3 is 2.52 bits per heavy atom. The highest BCUT2D eigenvalue weighted by Crippen LogP contribution is 2.24. The van der Waals surface area contributed by atoms with Gasteiger partial charge in [-0.05, 0) is 42.0 Å². The Morgan fingerprint density at radius 1 is 1.03 bits per heavy atom. The van der Waals surface area contributed by atoms with Crippen molar-refractivity contribution < 1.29 is 12.8 Å². The maximum atomic E-state index is 13.5. The van der Waals surface area contributed by atoms with E-state index in [2.05, 4.69) is 4.98 Å². The first-order valence-electron chi connectivity index (χ1n) is 8.95. The lowest BCUT2D eigenvalue weighted by Gasteiger charge is -2.21. The molecule has 0 aliphatic heterocycles. The molecule has 0 amide bonds. The van der Waals surface area contributed by atoms with Crippen molar-refractivity contribution >= 4 is 21.1 Å². The van der Waals surface area contributed by atoms with E-state index in [9.17, 15) is 13.2 Å². The van der Waals surface area contributed by atoms with E-state index >= 15 is 0 Å². The maximum absolute atomic E-state index is 13.5. The standard InChI is InChI=1S/C20H20N4O4S/c1-22-18-8-7-17(11-19(18)23(2)20(22)25)29(26,27)24(14-16-6-4-10-28-16)13-15-5-3-9-21-12-15/h3-12H,13-14H2,1-2H3. The molecule has 0 atom stereocenters. The van der Waals surface area contributed by atoms with E-state index in [1.54, 1.807) is 50.8 Å². The third-order valence-electron chi connectivity index (χ3n) is 4.88. The van der Waals surface area contributed by atoms with Crippen LogP contribution < -0.4 is 5.69 Å². The first-order chi connectivity index (χ1) is 13.9. The smallest absolute Gasteiger partial charge is 0.328 e. The number of fused-ring (bicyclic) bond motifs is 1. The lowest BCUT2D eigenvalue weighted by molar-refractivity contribution is 0.358. The van der Waals surface area contributed by atoms with Gasteiger partial charge in [0.05, 0.1) is 28.7 Å². The number of sulfonamides is 1. The predicted molar refractivity (Wildman–Crippen MR) is 108 cm³/mol. The Bertz CT molecular complexity index is 1310. The van der Waals surface area contributed by atoms with Crippen molar-refractivity contribution in [2.75, 3.05) is 0 Å². The fourth-order valence-corrected chi connectivity index (χ4v) is 4.71. The summed E-state index contributed by atoms with van der Waals surface area (Å²) in [6, 6.07) is 11.7. The highest BCUT2D eigenvalue weighted by atomic mass is 32.2. The summed E-state index contributed by atoms with van der Waals surface area (Å²) in [6.45, 7) is 0.221. The summed E-state index contributed by atoms with van der Waals surface area (Å²) >= 11 is 0. The molecule has 0 aliphatic rings. The third kappa shape index (κ3) is 3.50. The lowest BCUT2D eigenvalue weighted by Crippen LogP contribution is -2.30. The van der Waals surface area contributed by atoms with Crippen LogP contribution in [-0.4, -0.2) is 26.8 Å². The summed E-state index contributed by atoms with van der Waals surface area (Å²) in [4.78, 5) is 16.4. The Balaban J connectivity index is 1.78. The molecule has 0 unspecified atom stereocenters. The number of furan rings is 1. The van der Waals surface area contributed by atoms with E-state index in [1.165, 1.54) is 31.8 Å². The van der Waals surface area contributed by atoms with Crippen molar-refractivity contribution in [2.45, 2.75) is 18.0 Å². The van der Waals surface area contributed by atoms with Gasteiger partial charge < -0.3 is 4.42 Å². The Kier molecular flexibility index (Phi) is 4.85. The van der Waals surface area contributed by atoms with Crippen molar-refractivity contribution in [1.82, 2.24) is 18.4 Å². The van der Waals surface area contributed by atoms with Crippen LogP contribution in [0.2, 0.25) is 0 Å². The van der Waals surface area contributed by atoms with Crippen LogP contribution in [0.15, 0.2) is 75.2 Å². The Hall–Kier alpha value is -3.17. The third-order valence-corrected chi connectivity index (χ3v) is 6.66. The van der Waals surface area contributed by atoms with Crippen LogP contribution in [0.1, 0.15) is 11.3 Å². The second-order valence-electron chi connectivity index (χ2n) is 6.76. The second-order valence-corrected chi connectivity index (χ2v) is 8.70. The van der Waals surface area contributed by atoms with Gasteiger partial charge in [0.25, 0.3) is 0 Å². The number of aromatic nitrogens is 3. The largest absolute Gasteiger partial charge is 0.468 e. The molecule has 4 aromatic rings. The van der Waals surface area contributed by atoms with E-state index in [-0.39, 0.29) is 23.7 Å². The normalized spacial score (nSPS) is 12.1. The number of pyridine rings is 1. The predicted octanol–water partition coefficient (Wildman–Crippen LogP) is 2.26. The van der Waals surface area contributed by atoms with Crippen molar-refractivity contribution in [3.05, 3.63) is 82.9 Å². The number of aryl methyl sites for hydroxylation is 2. The lowest BCUT2D eigenvalue weighted by atomic mass is 10.3. The monoisotopic (exact) mass is 412 g/mol. The number of benzene rings is 1. The van der Waals surface area contributed by atoms with Gasteiger partial charge in [-0.1, -0.05) is 6.07 Å². The first kappa shape index (κ1) is 19.2. The molecule has 1 aromatic carbocycles. The molecule has 29 heavy (non-hydrogen) atoms. The fraction of sp³-hybridized carbons (Fsp3) is 0.200. The van der Waals surface area contributed by atoms with Crippen molar-refractivity contribution in [3.63, 3.8) is 0 Å². The van der Waals surface area contributed by atoms with Crippen LogP contribution in [0.3, 0.4) is 0 Å². The zero-order valence-corrected chi connectivity index (χ0v) is 16.8. The highest BCUT2D eigenvalue weighted by molar-refractivity contribution is 7.89. The van der Waals surface area contributed by atoms with Gasteiger partial charge in [0.15, 0.2) is 0 Å². The Labute approximate surface area is 167 Å². The number of rotatable bonds is 6. The van der Waals surface area contributed by atoms with Gasteiger partial charge in [-0.3, -0.25) is 14.1 Å². The molecule has 4 rings (SSSR count). The minimum Gasteiger partial charge on any atom is -0.468 e. The van der Waals surface area contributed by atoms with Crippen LogP contribution in [-0.2, 0) is 37.2 Å². The first-order valence-corrected chi connectivity index (χ1v) is 10.4. The van der Waals surface area contributed by atoms with Crippen LogP contribution in [0.25, 0.3) is 11.0 Å². The number of nitrogens with zero attached hydrogens (tertiary/aromatic N) is 4. The summed E-state index contributed by atoms with van der Waals surface area (Å²) < 4.78 is 36.6. The van der Waals surface area contributed by atoms with Gasteiger partial charge in [-0.25, -0.2) is 13.2 Å². The summed E-state index contributed by atoms with van der Waals surface area (Å²) in [6.07, 6.45) is 4.78. The molecule has 0 saturated heterocycles. The van der Waals surface area contributed by atoms with Gasteiger partial charge in [0, 0.05) is 33.0 Å². The molecule has 0 N–H and O–H groups in total. The van der Waals surface area contributed by atoms with Crippen LogP contribution in [0.5, 0.6) is 0 Å². The molecule has 0 fully saturated rings. The molecule has 0 spiro atoms. The molecule has 0 aliphatic carbocycles. The van der Waals surface area contributed by atoms with Gasteiger partial charge in [-0.15, -0.1) is 0 Å². The quantitative estimate of drug-likeness (QED) is 0.485. The van der Waals surface area contributed by atoms with Crippen LogP contribution in [0.4, 0.5) is 0 Å².